The minimum Gasteiger partial charge on any atom is -0.302 e. The molecule has 0 radical (unpaired) electrons. The standard InChI is InChI=1S/C16H11BrN2O2/c17-13-9-5-4-6-11(13)10-14-15(20)19(16(21)18-14)12-7-2-1-3-8-12/h1-10H,(H,18,21)/b14-10+. The van der Waals surface area contributed by atoms with Crippen LogP contribution in [0.3, 0.4) is 0 Å². The largest absolute Gasteiger partial charge is 0.333 e. The highest BCUT2D eigenvalue weighted by Crippen LogP contribution is 2.24. The SMILES string of the molecule is O=C1N/C(=C/c2ccccc2Br)C(=O)N1c1ccccc1. The van der Waals surface area contributed by atoms with Crippen LogP contribution in [0, 0.1) is 0 Å². The maximum Gasteiger partial charge on any atom is 0.333 e. The van der Waals surface area contributed by atoms with Gasteiger partial charge in [-0.2, -0.15) is 0 Å². The molecule has 0 atom stereocenters. The van der Waals surface area contributed by atoms with Crippen LogP contribution in [0.1, 0.15) is 5.56 Å². The van der Waals surface area contributed by atoms with Gasteiger partial charge in [0, 0.05) is 4.47 Å². The molecule has 0 unspecified atom stereocenters. The molecule has 1 saturated heterocycles. The summed E-state index contributed by atoms with van der Waals surface area (Å²) in [5.41, 5.74) is 1.64. The van der Waals surface area contributed by atoms with E-state index in [1.54, 1.807) is 30.3 Å². The van der Waals surface area contributed by atoms with E-state index in [9.17, 15) is 9.59 Å². The van der Waals surface area contributed by atoms with Crippen LogP contribution in [0.25, 0.3) is 6.08 Å². The number of carbonyl (C=O) groups excluding carboxylic acids is 2. The minimum atomic E-state index is -0.440. The number of hydrogen-bond donors (Lipinski definition) is 1. The van der Waals surface area contributed by atoms with Crippen molar-refractivity contribution in [3.63, 3.8) is 0 Å². The molecular weight excluding hydrogens is 332 g/mol. The number of anilines is 1. The molecule has 1 aliphatic rings. The number of nitrogens with zero attached hydrogens (tertiary/aromatic N) is 1. The summed E-state index contributed by atoms with van der Waals surface area (Å²) in [6.45, 7) is 0. The van der Waals surface area contributed by atoms with Gasteiger partial charge in [0.2, 0.25) is 0 Å². The summed E-state index contributed by atoms with van der Waals surface area (Å²) in [7, 11) is 0. The monoisotopic (exact) mass is 342 g/mol. The smallest absolute Gasteiger partial charge is 0.302 e. The van der Waals surface area contributed by atoms with Gasteiger partial charge in [-0.1, -0.05) is 52.3 Å². The number of hydrogen-bond acceptors (Lipinski definition) is 2. The molecule has 0 bridgehead atoms. The fourth-order valence-electron chi connectivity index (χ4n) is 2.09. The summed E-state index contributed by atoms with van der Waals surface area (Å²) < 4.78 is 0.859. The van der Waals surface area contributed by atoms with Gasteiger partial charge >= 0.3 is 6.03 Å². The third kappa shape index (κ3) is 2.60. The van der Waals surface area contributed by atoms with Crippen LogP contribution in [0.2, 0.25) is 0 Å². The molecule has 1 heterocycles. The van der Waals surface area contributed by atoms with Gasteiger partial charge in [-0.3, -0.25) is 4.79 Å². The quantitative estimate of drug-likeness (QED) is 0.670. The van der Waals surface area contributed by atoms with E-state index < -0.39 is 6.03 Å². The second kappa shape index (κ2) is 5.54. The fraction of sp³-hybridized carbons (Fsp3) is 0. The first-order valence-electron chi connectivity index (χ1n) is 6.33. The molecule has 0 saturated carbocycles. The van der Waals surface area contributed by atoms with Gasteiger partial charge in [0.1, 0.15) is 5.70 Å². The molecule has 0 spiro atoms. The molecule has 2 aromatic carbocycles. The molecule has 2 aromatic rings. The molecule has 3 rings (SSSR count). The molecule has 1 fully saturated rings. The average Bonchev–Trinajstić information content (AvgIpc) is 2.77. The van der Waals surface area contributed by atoms with E-state index in [1.165, 1.54) is 0 Å². The Morgan fingerprint density at radius 1 is 0.952 bits per heavy atom. The van der Waals surface area contributed by atoms with E-state index in [2.05, 4.69) is 21.2 Å². The topological polar surface area (TPSA) is 49.4 Å². The molecule has 1 aliphatic heterocycles. The zero-order valence-corrected chi connectivity index (χ0v) is 12.5. The Morgan fingerprint density at radius 3 is 2.33 bits per heavy atom. The highest BCUT2D eigenvalue weighted by atomic mass is 79.9. The zero-order valence-electron chi connectivity index (χ0n) is 10.9. The Labute approximate surface area is 130 Å². The number of para-hydroxylation sites is 1. The molecule has 104 valence electrons. The predicted octanol–water partition coefficient (Wildman–Crippen LogP) is 3.55. The summed E-state index contributed by atoms with van der Waals surface area (Å²) in [4.78, 5) is 25.5. The molecule has 0 aromatic heterocycles. The van der Waals surface area contributed by atoms with Gasteiger partial charge in [0.25, 0.3) is 5.91 Å². The number of halogens is 1. The van der Waals surface area contributed by atoms with Crippen LogP contribution in [-0.4, -0.2) is 11.9 Å². The predicted molar refractivity (Wildman–Crippen MR) is 84.6 cm³/mol. The molecule has 3 amide bonds. The number of benzene rings is 2. The lowest BCUT2D eigenvalue weighted by Crippen LogP contribution is -2.30. The first kappa shape index (κ1) is 13.6. The van der Waals surface area contributed by atoms with E-state index in [4.69, 9.17) is 0 Å². The number of nitrogens with one attached hydrogen (secondary N) is 1. The van der Waals surface area contributed by atoms with Crippen LogP contribution in [0.15, 0.2) is 64.8 Å². The van der Waals surface area contributed by atoms with Crippen LogP contribution in [0.4, 0.5) is 10.5 Å². The van der Waals surface area contributed by atoms with Gasteiger partial charge in [-0.05, 0) is 29.8 Å². The minimum absolute atomic E-state index is 0.260. The highest BCUT2D eigenvalue weighted by Gasteiger charge is 2.34. The molecule has 4 nitrogen and oxygen atoms in total. The fourth-order valence-corrected chi connectivity index (χ4v) is 2.49. The van der Waals surface area contributed by atoms with E-state index in [-0.39, 0.29) is 11.6 Å². The van der Waals surface area contributed by atoms with Crippen molar-refractivity contribution in [1.82, 2.24) is 5.32 Å². The molecule has 21 heavy (non-hydrogen) atoms. The van der Waals surface area contributed by atoms with Gasteiger partial charge in [-0.25, -0.2) is 9.69 Å². The maximum absolute atomic E-state index is 12.4. The van der Waals surface area contributed by atoms with Crippen molar-refractivity contribution in [2.45, 2.75) is 0 Å². The van der Waals surface area contributed by atoms with E-state index in [0.717, 1.165) is 14.9 Å². The number of amides is 3. The van der Waals surface area contributed by atoms with E-state index >= 15 is 0 Å². The molecular formula is C16H11BrN2O2. The first-order valence-corrected chi connectivity index (χ1v) is 7.13. The second-order valence-corrected chi connectivity index (χ2v) is 5.34. The lowest BCUT2D eigenvalue weighted by Gasteiger charge is -2.10. The van der Waals surface area contributed by atoms with Crippen molar-refractivity contribution in [2.75, 3.05) is 4.90 Å². The van der Waals surface area contributed by atoms with Crippen LogP contribution in [0.5, 0.6) is 0 Å². The normalized spacial score (nSPS) is 16.4. The van der Waals surface area contributed by atoms with Crippen LogP contribution >= 0.6 is 15.9 Å². The maximum atomic E-state index is 12.4. The van der Waals surface area contributed by atoms with Gasteiger partial charge in [0.15, 0.2) is 0 Å². The third-order valence-electron chi connectivity index (χ3n) is 3.10. The van der Waals surface area contributed by atoms with E-state index in [0.29, 0.717) is 5.69 Å². The average molecular weight is 343 g/mol. The first-order chi connectivity index (χ1) is 10.2. The summed E-state index contributed by atoms with van der Waals surface area (Å²) in [5.74, 6) is -0.359. The lowest BCUT2D eigenvalue weighted by atomic mass is 10.2. The number of imide groups is 1. The summed E-state index contributed by atoms with van der Waals surface area (Å²) in [6, 6.07) is 15.9. The third-order valence-corrected chi connectivity index (χ3v) is 3.82. The van der Waals surface area contributed by atoms with Crippen molar-refractivity contribution in [1.29, 1.82) is 0 Å². The van der Waals surface area contributed by atoms with Crippen molar-refractivity contribution in [2.24, 2.45) is 0 Å². The van der Waals surface area contributed by atoms with Gasteiger partial charge in [0.05, 0.1) is 5.69 Å². The summed E-state index contributed by atoms with van der Waals surface area (Å²) >= 11 is 3.42. The van der Waals surface area contributed by atoms with Gasteiger partial charge < -0.3 is 5.32 Å². The molecule has 0 aliphatic carbocycles. The Hall–Kier alpha value is -2.40. The Morgan fingerprint density at radius 2 is 1.62 bits per heavy atom. The Balaban J connectivity index is 1.96. The second-order valence-electron chi connectivity index (χ2n) is 4.49. The Kier molecular flexibility index (Phi) is 3.58. The van der Waals surface area contributed by atoms with Crippen molar-refractivity contribution >= 4 is 39.6 Å². The van der Waals surface area contributed by atoms with Crippen molar-refractivity contribution < 1.29 is 9.59 Å². The van der Waals surface area contributed by atoms with Crippen LogP contribution < -0.4 is 10.2 Å². The lowest BCUT2D eigenvalue weighted by molar-refractivity contribution is -0.113. The van der Waals surface area contributed by atoms with Crippen molar-refractivity contribution in [3.8, 4) is 0 Å². The van der Waals surface area contributed by atoms with Crippen molar-refractivity contribution in [3.05, 3.63) is 70.3 Å². The molecule has 5 heteroatoms. The van der Waals surface area contributed by atoms with E-state index in [1.807, 2.05) is 30.3 Å². The highest BCUT2D eigenvalue weighted by molar-refractivity contribution is 9.10. The Bertz CT molecular complexity index is 741. The van der Waals surface area contributed by atoms with Crippen LogP contribution in [-0.2, 0) is 4.79 Å². The zero-order chi connectivity index (χ0) is 14.8. The molecule has 1 N–H and O–H groups in total. The summed E-state index contributed by atoms with van der Waals surface area (Å²) in [5, 5.41) is 2.61. The number of urea groups is 1. The van der Waals surface area contributed by atoms with Gasteiger partial charge in [-0.15, -0.1) is 0 Å². The summed E-state index contributed by atoms with van der Waals surface area (Å²) in [6.07, 6.45) is 1.66. The number of carbonyl (C=O) groups is 2. The number of rotatable bonds is 2.